The minimum Gasteiger partial charge on any atom is -0.319 e. The van der Waals surface area contributed by atoms with E-state index in [1.807, 2.05) is 13.1 Å². The molecule has 1 atom stereocenters. The highest BCUT2D eigenvalue weighted by molar-refractivity contribution is 9.10. The molecule has 0 aromatic heterocycles. The summed E-state index contributed by atoms with van der Waals surface area (Å²) in [5.74, 6) is 0.303. The van der Waals surface area contributed by atoms with Gasteiger partial charge in [0.1, 0.15) is 5.82 Å². The van der Waals surface area contributed by atoms with Gasteiger partial charge in [-0.05, 0) is 67.7 Å². The first-order valence-corrected chi connectivity index (χ1v) is 7.60. The van der Waals surface area contributed by atoms with Gasteiger partial charge in [0, 0.05) is 4.47 Å². The fourth-order valence-electron chi connectivity index (χ4n) is 2.46. The molecule has 2 rings (SSSR count). The zero-order valence-corrected chi connectivity index (χ0v) is 13.2. The molecule has 1 unspecified atom stereocenters. The molecule has 0 spiro atoms. The number of benzene rings is 2. The number of hydrogen-bond acceptors (Lipinski definition) is 1. The van der Waals surface area contributed by atoms with Crippen LogP contribution in [0.25, 0.3) is 0 Å². The molecule has 0 aliphatic carbocycles. The second kappa shape index (κ2) is 7.55. The van der Waals surface area contributed by atoms with Crippen LogP contribution in [0.15, 0.2) is 53.0 Å². The van der Waals surface area contributed by atoms with E-state index in [0.717, 1.165) is 29.4 Å². The Morgan fingerprint density at radius 2 is 1.75 bits per heavy atom. The Labute approximate surface area is 128 Å². The van der Waals surface area contributed by atoms with Gasteiger partial charge in [0.15, 0.2) is 0 Å². The average Bonchev–Trinajstić information content (AvgIpc) is 2.42. The monoisotopic (exact) mass is 335 g/mol. The van der Waals surface area contributed by atoms with Gasteiger partial charge in [0.05, 0.1) is 0 Å². The molecular formula is C17H19BrFN. The summed E-state index contributed by atoms with van der Waals surface area (Å²) in [4.78, 5) is 0. The second-order valence-corrected chi connectivity index (χ2v) is 6.00. The zero-order chi connectivity index (χ0) is 14.4. The Hall–Kier alpha value is -1.19. The van der Waals surface area contributed by atoms with Crippen molar-refractivity contribution in [2.24, 2.45) is 5.92 Å². The fraction of sp³-hybridized carbons (Fsp3) is 0.294. The van der Waals surface area contributed by atoms with E-state index >= 15 is 0 Å². The lowest BCUT2D eigenvalue weighted by molar-refractivity contribution is 0.491. The van der Waals surface area contributed by atoms with Crippen molar-refractivity contribution in [3.63, 3.8) is 0 Å². The van der Waals surface area contributed by atoms with E-state index in [-0.39, 0.29) is 5.82 Å². The van der Waals surface area contributed by atoms with Crippen LogP contribution in [-0.4, -0.2) is 13.6 Å². The molecule has 0 radical (unpaired) electrons. The molecule has 106 valence electrons. The Balaban J connectivity index is 2.05. The van der Waals surface area contributed by atoms with E-state index in [0.29, 0.717) is 5.92 Å². The third-order valence-electron chi connectivity index (χ3n) is 3.34. The third kappa shape index (κ3) is 4.73. The van der Waals surface area contributed by atoms with Crippen LogP contribution in [0.1, 0.15) is 11.1 Å². The van der Waals surface area contributed by atoms with E-state index in [1.54, 1.807) is 12.1 Å². The number of hydrogen-bond donors (Lipinski definition) is 1. The van der Waals surface area contributed by atoms with Crippen molar-refractivity contribution in [2.75, 3.05) is 13.6 Å². The van der Waals surface area contributed by atoms with Crippen LogP contribution >= 0.6 is 15.9 Å². The summed E-state index contributed by atoms with van der Waals surface area (Å²) >= 11 is 3.45. The molecule has 0 aliphatic rings. The molecule has 1 N–H and O–H groups in total. The van der Waals surface area contributed by atoms with Gasteiger partial charge in [-0.15, -0.1) is 0 Å². The van der Waals surface area contributed by atoms with Crippen molar-refractivity contribution in [1.82, 2.24) is 5.32 Å². The molecule has 0 amide bonds. The highest BCUT2D eigenvalue weighted by Gasteiger charge is 2.10. The Bertz CT molecular complexity index is 539. The maximum absolute atomic E-state index is 13.3. The third-order valence-corrected chi connectivity index (χ3v) is 3.87. The van der Waals surface area contributed by atoms with E-state index in [1.165, 1.54) is 11.6 Å². The van der Waals surface area contributed by atoms with Crippen molar-refractivity contribution in [2.45, 2.75) is 12.8 Å². The first-order chi connectivity index (χ1) is 9.67. The minimum absolute atomic E-state index is 0.158. The van der Waals surface area contributed by atoms with Crippen molar-refractivity contribution < 1.29 is 4.39 Å². The summed E-state index contributed by atoms with van der Waals surface area (Å²) in [5.41, 5.74) is 2.37. The molecule has 0 bridgehead atoms. The summed E-state index contributed by atoms with van der Waals surface area (Å²) in [6.07, 6.45) is 1.87. The van der Waals surface area contributed by atoms with Crippen LogP contribution in [0, 0.1) is 11.7 Å². The van der Waals surface area contributed by atoms with E-state index < -0.39 is 0 Å². The number of rotatable bonds is 6. The van der Waals surface area contributed by atoms with Crippen LogP contribution in [0.2, 0.25) is 0 Å². The summed E-state index contributed by atoms with van der Waals surface area (Å²) < 4.78 is 14.3. The van der Waals surface area contributed by atoms with Gasteiger partial charge in [-0.2, -0.15) is 0 Å². The Morgan fingerprint density at radius 3 is 2.40 bits per heavy atom. The minimum atomic E-state index is -0.158. The largest absolute Gasteiger partial charge is 0.319 e. The van der Waals surface area contributed by atoms with Gasteiger partial charge in [0.2, 0.25) is 0 Å². The summed E-state index contributed by atoms with van der Waals surface area (Å²) in [6.45, 7) is 0.923. The topological polar surface area (TPSA) is 12.0 Å². The first kappa shape index (κ1) is 15.2. The van der Waals surface area contributed by atoms with E-state index in [2.05, 4.69) is 45.5 Å². The molecule has 0 saturated heterocycles. The predicted molar refractivity (Wildman–Crippen MR) is 85.4 cm³/mol. The van der Waals surface area contributed by atoms with Gasteiger partial charge in [-0.3, -0.25) is 0 Å². The van der Waals surface area contributed by atoms with Gasteiger partial charge in [-0.1, -0.05) is 40.2 Å². The number of nitrogens with one attached hydrogen (secondary N) is 1. The molecule has 0 fully saturated rings. The lowest BCUT2D eigenvalue weighted by atomic mass is 9.92. The van der Waals surface area contributed by atoms with Gasteiger partial charge in [-0.25, -0.2) is 4.39 Å². The highest BCUT2D eigenvalue weighted by atomic mass is 79.9. The number of halogens is 2. The predicted octanol–water partition coefficient (Wildman–Crippen LogP) is 4.21. The molecule has 0 saturated carbocycles. The van der Waals surface area contributed by atoms with Crippen molar-refractivity contribution in [3.8, 4) is 0 Å². The van der Waals surface area contributed by atoms with Gasteiger partial charge >= 0.3 is 0 Å². The summed E-state index contributed by atoms with van der Waals surface area (Å²) in [7, 11) is 1.96. The normalized spacial score (nSPS) is 12.3. The molecule has 1 nitrogen and oxygen atoms in total. The second-order valence-electron chi connectivity index (χ2n) is 5.09. The Morgan fingerprint density at radius 1 is 1.05 bits per heavy atom. The van der Waals surface area contributed by atoms with Crippen molar-refractivity contribution in [1.29, 1.82) is 0 Å². The lowest BCUT2D eigenvalue weighted by Gasteiger charge is -2.17. The van der Waals surface area contributed by atoms with Crippen molar-refractivity contribution in [3.05, 3.63) is 69.9 Å². The molecule has 20 heavy (non-hydrogen) atoms. The van der Waals surface area contributed by atoms with E-state index in [9.17, 15) is 4.39 Å². The van der Waals surface area contributed by atoms with Gasteiger partial charge in [0.25, 0.3) is 0 Å². The maximum Gasteiger partial charge on any atom is 0.123 e. The van der Waals surface area contributed by atoms with E-state index in [4.69, 9.17) is 0 Å². The summed E-state index contributed by atoms with van der Waals surface area (Å²) in [6, 6.07) is 15.3. The van der Waals surface area contributed by atoms with Gasteiger partial charge < -0.3 is 5.32 Å². The molecule has 2 aromatic rings. The molecule has 2 aromatic carbocycles. The smallest absolute Gasteiger partial charge is 0.123 e. The Kier molecular flexibility index (Phi) is 5.74. The van der Waals surface area contributed by atoms with Crippen LogP contribution < -0.4 is 5.32 Å². The molecular weight excluding hydrogens is 317 g/mol. The lowest BCUT2D eigenvalue weighted by Crippen LogP contribution is -2.22. The molecule has 3 heteroatoms. The quantitative estimate of drug-likeness (QED) is 0.833. The van der Waals surface area contributed by atoms with Crippen LogP contribution in [0.3, 0.4) is 0 Å². The van der Waals surface area contributed by atoms with Crippen LogP contribution in [0.5, 0.6) is 0 Å². The standard InChI is InChI=1S/C17H19BrFN/c1-20-12-15(9-13-5-7-16(18)8-6-13)10-14-3-2-4-17(19)11-14/h2-8,11,15,20H,9-10,12H2,1H3. The summed E-state index contributed by atoms with van der Waals surface area (Å²) in [5, 5.41) is 3.23. The average molecular weight is 336 g/mol. The van der Waals surface area contributed by atoms with Crippen molar-refractivity contribution >= 4 is 15.9 Å². The SMILES string of the molecule is CNCC(Cc1ccc(Br)cc1)Cc1cccc(F)c1. The molecule has 0 aliphatic heterocycles. The maximum atomic E-state index is 13.3. The van der Waals surface area contributed by atoms with Crippen LogP contribution in [0.4, 0.5) is 4.39 Å². The fourth-order valence-corrected chi connectivity index (χ4v) is 2.72. The molecule has 0 heterocycles. The zero-order valence-electron chi connectivity index (χ0n) is 11.6. The van der Waals surface area contributed by atoms with Crippen LogP contribution in [-0.2, 0) is 12.8 Å². The first-order valence-electron chi connectivity index (χ1n) is 6.81. The highest BCUT2D eigenvalue weighted by Crippen LogP contribution is 2.17.